The van der Waals surface area contributed by atoms with E-state index in [0.29, 0.717) is 0 Å². The second kappa shape index (κ2) is 5.04. The van der Waals surface area contributed by atoms with Gasteiger partial charge in [0.05, 0.1) is 6.61 Å². The Morgan fingerprint density at radius 2 is 2.32 bits per heavy atom. The number of halogens is 1. The average molecular weight is 276 g/mol. The number of methoxy groups -OCH3 is 1. The van der Waals surface area contributed by atoms with E-state index in [1.807, 2.05) is 0 Å². The van der Waals surface area contributed by atoms with Crippen LogP contribution in [0.1, 0.15) is 6.92 Å². The van der Waals surface area contributed by atoms with Crippen LogP contribution in [0.5, 0.6) is 0 Å². The normalized spacial score (nSPS) is 42.6. The van der Waals surface area contributed by atoms with Crippen LogP contribution in [-0.4, -0.2) is 65.2 Å². The summed E-state index contributed by atoms with van der Waals surface area (Å²) in [5, 5.41) is 21.3. The van der Waals surface area contributed by atoms with E-state index < -0.39 is 36.4 Å². The zero-order valence-corrected chi connectivity index (χ0v) is 10.6. The van der Waals surface area contributed by atoms with Gasteiger partial charge in [-0.25, -0.2) is 9.18 Å². The maximum atomic E-state index is 14.5. The van der Waals surface area contributed by atoms with Gasteiger partial charge in [0, 0.05) is 13.3 Å². The number of nitrogens with one attached hydrogen (secondary N) is 1. The number of aliphatic hydroxyl groups excluding tert-OH is 2. The molecule has 3 N–H and O–H groups in total. The summed E-state index contributed by atoms with van der Waals surface area (Å²) in [6.45, 7) is 1.17. The van der Waals surface area contributed by atoms with Crippen LogP contribution in [0, 0.1) is 0 Å². The van der Waals surface area contributed by atoms with Crippen LogP contribution >= 0.6 is 0 Å². The predicted molar refractivity (Wildman–Crippen MR) is 61.6 cm³/mol. The Bertz CT molecular complexity index is 389. The Labute approximate surface area is 109 Å². The van der Waals surface area contributed by atoms with E-state index in [0.717, 1.165) is 11.8 Å². The molecule has 0 saturated carbocycles. The molecule has 2 heterocycles. The highest BCUT2D eigenvalue weighted by Gasteiger charge is 2.57. The van der Waals surface area contributed by atoms with Crippen molar-refractivity contribution in [3.63, 3.8) is 0 Å². The Morgan fingerprint density at radius 3 is 2.89 bits per heavy atom. The van der Waals surface area contributed by atoms with Crippen LogP contribution in [0.25, 0.3) is 0 Å². The van der Waals surface area contributed by atoms with Gasteiger partial charge in [0.2, 0.25) is 0 Å². The second-order valence-corrected chi connectivity index (χ2v) is 4.72. The lowest BCUT2D eigenvalue weighted by Gasteiger charge is -2.34. The number of alkyl halides is 1. The summed E-state index contributed by atoms with van der Waals surface area (Å²) in [7, 11) is 1.41. The molecular weight excluding hydrogens is 259 g/mol. The van der Waals surface area contributed by atoms with E-state index in [4.69, 9.17) is 9.47 Å². The van der Waals surface area contributed by atoms with Gasteiger partial charge < -0.3 is 25.0 Å². The van der Waals surface area contributed by atoms with Gasteiger partial charge in [-0.3, -0.25) is 4.90 Å². The third-order valence-electron chi connectivity index (χ3n) is 3.24. The molecule has 1 unspecified atom stereocenters. The van der Waals surface area contributed by atoms with Gasteiger partial charge in [0.1, 0.15) is 18.4 Å². The molecule has 108 valence electrons. The third-order valence-corrected chi connectivity index (χ3v) is 3.24. The van der Waals surface area contributed by atoms with E-state index in [1.54, 1.807) is 0 Å². The second-order valence-electron chi connectivity index (χ2n) is 4.72. The van der Waals surface area contributed by atoms with Crippen molar-refractivity contribution in [2.75, 3.05) is 13.7 Å². The molecule has 7 nitrogen and oxygen atoms in total. The standard InChI is InChI=1S/C11H17FN2O5/c1-11(12)8(16)6(5-18-2)19-9(11)14-4-3-7(15)13-10(14)17/h3-4,6-9,15-16H,5H2,1-2H3,(H,13,17)/t6-,7?,8-,9-,11-/m1/s1. The minimum atomic E-state index is -2.15. The molecule has 0 aromatic rings. The van der Waals surface area contributed by atoms with E-state index >= 15 is 0 Å². The molecule has 0 aromatic carbocycles. The molecule has 2 rings (SSSR count). The molecule has 19 heavy (non-hydrogen) atoms. The lowest BCUT2D eigenvalue weighted by molar-refractivity contribution is -0.0782. The van der Waals surface area contributed by atoms with Gasteiger partial charge in [-0.15, -0.1) is 0 Å². The smallest absolute Gasteiger partial charge is 0.325 e. The molecule has 1 fully saturated rings. The largest absolute Gasteiger partial charge is 0.387 e. The number of rotatable bonds is 3. The van der Waals surface area contributed by atoms with Gasteiger partial charge >= 0.3 is 6.03 Å². The maximum absolute atomic E-state index is 14.5. The quantitative estimate of drug-likeness (QED) is 0.634. The van der Waals surface area contributed by atoms with Crippen molar-refractivity contribution in [2.45, 2.75) is 37.3 Å². The number of amides is 2. The van der Waals surface area contributed by atoms with Gasteiger partial charge in [0.25, 0.3) is 0 Å². The maximum Gasteiger partial charge on any atom is 0.325 e. The number of hydrogen-bond acceptors (Lipinski definition) is 5. The Hall–Kier alpha value is -1.22. The van der Waals surface area contributed by atoms with Crippen LogP contribution in [0.15, 0.2) is 12.3 Å². The molecule has 0 aromatic heterocycles. The summed E-state index contributed by atoms with van der Waals surface area (Å²) in [4.78, 5) is 12.7. The molecule has 2 aliphatic heterocycles. The number of carbonyl (C=O) groups excluding carboxylic acids is 1. The monoisotopic (exact) mass is 276 g/mol. The average Bonchev–Trinajstić information content (AvgIpc) is 2.54. The Kier molecular flexibility index (Phi) is 3.77. The van der Waals surface area contributed by atoms with Gasteiger partial charge in [-0.2, -0.15) is 0 Å². The number of hydrogen-bond donors (Lipinski definition) is 3. The van der Waals surface area contributed by atoms with Crippen LogP contribution in [0.4, 0.5) is 9.18 Å². The summed E-state index contributed by atoms with van der Waals surface area (Å²) < 4.78 is 24.7. The van der Waals surface area contributed by atoms with Crippen molar-refractivity contribution in [2.24, 2.45) is 0 Å². The SMILES string of the molecule is COC[C@H]1O[C@@H](N2C=CC(O)NC2=O)[C@](C)(F)[C@@H]1O. The van der Waals surface area contributed by atoms with Crippen molar-refractivity contribution in [1.82, 2.24) is 10.2 Å². The molecule has 0 spiro atoms. The highest BCUT2D eigenvalue weighted by molar-refractivity contribution is 5.77. The van der Waals surface area contributed by atoms with Crippen LogP contribution in [0.3, 0.4) is 0 Å². The van der Waals surface area contributed by atoms with Crippen molar-refractivity contribution in [3.05, 3.63) is 12.3 Å². The summed E-state index contributed by atoms with van der Waals surface area (Å²) in [6.07, 6.45) is -2.17. The fraction of sp³-hybridized carbons (Fsp3) is 0.727. The number of carbonyl (C=O) groups is 1. The van der Waals surface area contributed by atoms with Crippen LogP contribution in [0.2, 0.25) is 0 Å². The highest BCUT2D eigenvalue weighted by Crippen LogP contribution is 2.37. The molecule has 2 aliphatic rings. The molecule has 2 amide bonds. The lowest BCUT2D eigenvalue weighted by atomic mass is 9.98. The third kappa shape index (κ3) is 2.44. The van der Waals surface area contributed by atoms with E-state index in [2.05, 4.69) is 5.32 Å². The summed E-state index contributed by atoms with van der Waals surface area (Å²) >= 11 is 0. The van der Waals surface area contributed by atoms with Gasteiger partial charge in [-0.05, 0) is 13.0 Å². The lowest BCUT2D eigenvalue weighted by Crippen LogP contribution is -2.56. The van der Waals surface area contributed by atoms with E-state index in [9.17, 15) is 19.4 Å². The highest BCUT2D eigenvalue weighted by atomic mass is 19.1. The predicted octanol–water partition coefficient (Wildman–Crippen LogP) is -0.696. The zero-order chi connectivity index (χ0) is 14.2. The van der Waals surface area contributed by atoms with E-state index in [1.165, 1.54) is 19.4 Å². The minimum absolute atomic E-state index is 0.0129. The number of aliphatic hydroxyl groups is 2. The molecule has 0 radical (unpaired) electrons. The first-order valence-electron chi connectivity index (χ1n) is 5.84. The van der Waals surface area contributed by atoms with Gasteiger partial charge in [0.15, 0.2) is 11.9 Å². The van der Waals surface area contributed by atoms with Gasteiger partial charge in [-0.1, -0.05) is 0 Å². The number of urea groups is 1. The fourth-order valence-corrected chi connectivity index (χ4v) is 2.19. The molecule has 0 bridgehead atoms. The summed E-state index contributed by atoms with van der Waals surface area (Å²) in [5.74, 6) is 0. The zero-order valence-electron chi connectivity index (χ0n) is 10.6. The van der Waals surface area contributed by atoms with Crippen molar-refractivity contribution in [1.29, 1.82) is 0 Å². The first-order valence-corrected chi connectivity index (χ1v) is 5.84. The molecule has 8 heteroatoms. The summed E-state index contributed by atoms with van der Waals surface area (Å²) in [6, 6.07) is -0.700. The topological polar surface area (TPSA) is 91.3 Å². The Morgan fingerprint density at radius 1 is 1.63 bits per heavy atom. The molecule has 5 atom stereocenters. The molecule has 0 aliphatic carbocycles. The minimum Gasteiger partial charge on any atom is -0.387 e. The Balaban J connectivity index is 2.20. The van der Waals surface area contributed by atoms with E-state index in [-0.39, 0.29) is 6.61 Å². The molecular formula is C11H17FN2O5. The fourth-order valence-electron chi connectivity index (χ4n) is 2.19. The van der Waals surface area contributed by atoms with Crippen molar-refractivity contribution < 1.29 is 28.9 Å². The number of ether oxygens (including phenoxy) is 2. The van der Waals surface area contributed by atoms with Crippen LogP contribution in [-0.2, 0) is 9.47 Å². The first kappa shape index (κ1) is 14.2. The summed E-state index contributed by atoms with van der Waals surface area (Å²) in [5.41, 5.74) is -2.15. The first-order chi connectivity index (χ1) is 8.87. The molecule has 1 saturated heterocycles. The van der Waals surface area contributed by atoms with Crippen LogP contribution < -0.4 is 5.32 Å². The number of nitrogens with zero attached hydrogens (tertiary/aromatic N) is 1. The van der Waals surface area contributed by atoms with Crippen molar-refractivity contribution in [3.8, 4) is 0 Å². The van der Waals surface area contributed by atoms with Crippen molar-refractivity contribution >= 4 is 6.03 Å².